The molecular weight excluding hydrogens is 593 g/mol. The summed E-state index contributed by atoms with van der Waals surface area (Å²) in [6.07, 6.45) is 0. The number of amides is 3. The number of imide groups is 1. The van der Waals surface area contributed by atoms with Crippen molar-refractivity contribution in [1.82, 2.24) is 4.98 Å². The minimum Gasteiger partial charge on any atom is -0.484 e. The van der Waals surface area contributed by atoms with Crippen molar-refractivity contribution in [1.29, 1.82) is 0 Å². The molecule has 1 saturated heterocycles. The highest BCUT2D eigenvalue weighted by Crippen LogP contribution is 2.53. The van der Waals surface area contributed by atoms with Crippen LogP contribution in [0.3, 0.4) is 0 Å². The van der Waals surface area contributed by atoms with E-state index in [0.29, 0.717) is 32.2 Å². The van der Waals surface area contributed by atoms with E-state index in [4.69, 9.17) is 27.9 Å². The summed E-state index contributed by atoms with van der Waals surface area (Å²) in [6, 6.07) is 20.6. The van der Waals surface area contributed by atoms with Gasteiger partial charge in [-0.05, 0) is 48.0 Å². The Balaban J connectivity index is 1.23. The first-order chi connectivity index (χ1) is 19.3. The van der Waals surface area contributed by atoms with Gasteiger partial charge >= 0.3 is 4.87 Å². The first kappa shape index (κ1) is 26.6. The maximum Gasteiger partial charge on any atom is 0.305 e. The van der Waals surface area contributed by atoms with E-state index in [1.165, 1.54) is 16.7 Å². The summed E-state index contributed by atoms with van der Waals surface area (Å²) in [4.78, 5) is 56.3. The molecule has 0 bridgehead atoms. The highest BCUT2D eigenvalue weighted by atomic mass is 35.5. The number of hydrogen-bond acceptors (Lipinski definition) is 7. The minimum absolute atomic E-state index is 0.241. The average molecular weight is 613 g/mol. The third-order valence-corrected chi connectivity index (χ3v) is 9.79. The zero-order valence-electron chi connectivity index (χ0n) is 20.4. The van der Waals surface area contributed by atoms with Crippen molar-refractivity contribution >= 4 is 75.4 Å². The van der Waals surface area contributed by atoms with Gasteiger partial charge in [0.05, 0.1) is 26.7 Å². The SMILES string of the molecule is O=C(COc1ccc([C@@H]2c3sc(=O)[nH]c3S[C@H]3C(=O)N(c4ccccc4)C(=O)[C@@H]23)cc1)Nc1ccc(Cl)c(Cl)c1. The highest BCUT2D eigenvalue weighted by molar-refractivity contribution is 8.00. The van der Waals surface area contributed by atoms with E-state index in [2.05, 4.69) is 10.3 Å². The Morgan fingerprint density at radius 1 is 0.950 bits per heavy atom. The summed E-state index contributed by atoms with van der Waals surface area (Å²) < 4.78 is 5.65. The standard InChI is InChI=1S/C28H19Cl2N3O5S2/c29-18-11-8-15(12-19(18)30)31-20(34)13-38-17-9-6-14(7-10-17)21-22-24(39-25-23(21)40-28(37)32-25)27(36)33(26(22)35)16-4-2-1-3-5-16/h1-12,21-22,24H,13H2,(H,31,34)(H,32,37)/t21-,22-,24+/m0/s1. The van der Waals surface area contributed by atoms with E-state index in [1.54, 1.807) is 66.7 Å². The monoisotopic (exact) mass is 611 g/mol. The number of anilines is 2. The number of para-hydroxylation sites is 1. The van der Waals surface area contributed by atoms with Crippen molar-refractivity contribution in [2.24, 2.45) is 5.92 Å². The predicted molar refractivity (Wildman–Crippen MR) is 156 cm³/mol. The molecule has 0 saturated carbocycles. The first-order valence-electron chi connectivity index (χ1n) is 12.1. The molecule has 8 nitrogen and oxygen atoms in total. The number of nitrogens with one attached hydrogen (secondary N) is 2. The van der Waals surface area contributed by atoms with Gasteiger partial charge in [0, 0.05) is 16.5 Å². The number of thiazole rings is 1. The van der Waals surface area contributed by atoms with Crippen molar-refractivity contribution in [3.63, 3.8) is 0 Å². The average Bonchev–Trinajstić information content (AvgIpc) is 3.44. The molecule has 0 radical (unpaired) electrons. The van der Waals surface area contributed by atoms with E-state index >= 15 is 0 Å². The first-order valence-corrected chi connectivity index (χ1v) is 14.6. The fraction of sp³-hybridized carbons (Fsp3) is 0.143. The molecule has 0 spiro atoms. The van der Waals surface area contributed by atoms with E-state index in [-0.39, 0.29) is 29.2 Å². The Labute approximate surface area is 246 Å². The topological polar surface area (TPSA) is 109 Å². The van der Waals surface area contributed by atoms with Crippen molar-refractivity contribution in [2.45, 2.75) is 16.2 Å². The van der Waals surface area contributed by atoms with E-state index in [1.807, 2.05) is 6.07 Å². The fourth-order valence-corrected chi connectivity index (χ4v) is 7.71. The Morgan fingerprint density at radius 3 is 2.42 bits per heavy atom. The maximum absolute atomic E-state index is 13.7. The van der Waals surface area contributed by atoms with Crippen LogP contribution in [-0.4, -0.2) is 34.6 Å². The molecule has 3 amide bonds. The number of nitrogens with zero attached hydrogens (tertiary/aromatic N) is 1. The number of thioether (sulfide) groups is 1. The molecule has 4 aromatic rings. The summed E-state index contributed by atoms with van der Waals surface area (Å²) in [5, 5.41) is 3.34. The van der Waals surface area contributed by atoms with Crippen LogP contribution in [0.1, 0.15) is 16.4 Å². The van der Waals surface area contributed by atoms with Crippen LogP contribution in [-0.2, 0) is 14.4 Å². The molecule has 40 heavy (non-hydrogen) atoms. The lowest BCUT2D eigenvalue weighted by Gasteiger charge is -2.29. The van der Waals surface area contributed by atoms with Gasteiger partial charge in [-0.15, -0.1) is 0 Å². The van der Waals surface area contributed by atoms with Crippen molar-refractivity contribution < 1.29 is 19.1 Å². The molecule has 0 aliphatic carbocycles. The molecule has 6 rings (SSSR count). The smallest absolute Gasteiger partial charge is 0.305 e. The Kier molecular flexibility index (Phi) is 7.18. The quantitative estimate of drug-likeness (QED) is 0.276. The van der Waals surface area contributed by atoms with Crippen LogP contribution in [0.5, 0.6) is 5.75 Å². The number of carbonyl (C=O) groups excluding carboxylic acids is 3. The number of carbonyl (C=O) groups is 3. The lowest BCUT2D eigenvalue weighted by molar-refractivity contribution is -0.122. The molecule has 3 aromatic carbocycles. The molecule has 2 aliphatic heterocycles. The molecular formula is C28H19Cl2N3O5S2. The molecule has 1 fully saturated rings. The number of rotatable bonds is 6. The van der Waals surface area contributed by atoms with Crippen molar-refractivity contribution in [3.05, 3.63) is 103 Å². The molecule has 2 N–H and O–H groups in total. The van der Waals surface area contributed by atoms with Gasteiger partial charge in [-0.25, -0.2) is 4.90 Å². The predicted octanol–water partition coefficient (Wildman–Crippen LogP) is 5.56. The highest BCUT2D eigenvalue weighted by Gasteiger charge is 2.56. The molecule has 0 unspecified atom stereocenters. The van der Waals surface area contributed by atoms with Gasteiger partial charge in [-0.3, -0.25) is 19.2 Å². The van der Waals surface area contributed by atoms with Crippen molar-refractivity contribution in [2.75, 3.05) is 16.8 Å². The summed E-state index contributed by atoms with van der Waals surface area (Å²) in [5.74, 6) is -1.72. The largest absolute Gasteiger partial charge is 0.484 e. The van der Waals surface area contributed by atoms with Crippen molar-refractivity contribution in [3.8, 4) is 5.75 Å². The van der Waals surface area contributed by atoms with Gasteiger partial charge in [0.15, 0.2) is 6.61 Å². The summed E-state index contributed by atoms with van der Waals surface area (Å²) in [6.45, 7) is -0.243. The second-order valence-corrected chi connectivity index (χ2v) is 12.1. The number of benzene rings is 3. The molecule has 202 valence electrons. The number of fused-ring (bicyclic) bond motifs is 2. The van der Waals surface area contributed by atoms with Gasteiger partial charge in [-0.1, -0.05) is 76.6 Å². The van der Waals surface area contributed by atoms with E-state index in [0.717, 1.165) is 21.8 Å². The maximum atomic E-state index is 13.7. The minimum atomic E-state index is -0.680. The number of halogens is 2. The van der Waals surface area contributed by atoms with Crippen LogP contribution in [0, 0.1) is 5.92 Å². The van der Waals surface area contributed by atoms with E-state index in [9.17, 15) is 19.2 Å². The number of ether oxygens (including phenoxy) is 1. The number of aromatic nitrogens is 1. The fourth-order valence-electron chi connectivity index (χ4n) is 4.90. The zero-order chi connectivity index (χ0) is 28.0. The Morgan fingerprint density at radius 2 is 1.70 bits per heavy atom. The van der Waals surface area contributed by atoms with Crippen LogP contribution in [0.2, 0.25) is 10.0 Å². The normalized spacial score (nSPS) is 19.8. The van der Waals surface area contributed by atoms with Gasteiger partial charge < -0.3 is 15.0 Å². The summed E-state index contributed by atoms with van der Waals surface area (Å²) in [7, 11) is 0. The van der Waals surface area contributed by atoms with Crippen LogP contribution >= 0.6 is 46.3 Å². The molecule has 2 aliphatic rings. The Bertz CT molecular complexity index is 1690. The van der Waals surface area contributed by atoms with Gasteiger partial charge in [0.2, 0.25) is 11.8 Å². The Hall–Kier alpha value is -3.57. The van der Waals surface area contributed by atoms with Crippen LogP contribution < -0.4 is 19.8 Å². The summed E-state index contributed by atoms with van der Waals surface area (Å²) >= 11 is 14.2. The second-order valence-electron chi connectivity index (χ2n) is 9.13. The van der Waals surface area contributed by atoms with Crippen LogP contribution in [0.4, 0.5) is 11.4 Å². The molecule has 3 atom stereocenters. The van der Waals surface area contributed by atoms with E-state index < -0.39 is 17.1 Å². The number of aromatic amines is 1. The number of H-pyrrole nitrogens is 1. The lowest BCUT2D eigenvalue weighted by Crippen LogP contribution is -2.32. The van der Waals surface area contributed by atoms with Gasteiger partial charge in [0.25, 0.3) is 5.91 Å². The third-order valence-electron chi connectivity index (χ3n) is 6.65. The zero-order valence-corrected chi connectivity index (χ0v) is 23.6. The molecule has 3 heterocycles. The number of hydrogen-bond donors (Lipinski definition) is 2. The van der Waals surface area contributed by atoms with Crippen LogP contribution in [0.15, 0.2) is 82.6 Å². The van der Waals surface area contributed by atoms with Crippen LogP contribution in [0.25, 0.3) is 0 Å². The summed E-state index contributed by atoms with van der Waals surface area (Å²) in [5.41, 5.74) is 1.77. The van der Waals surface area contributed by atoms with Gasteiger partial charge in [0.1, 0.15) is 11.0 Å². The third kappa shape index (κ3) is 4.92. The molecule has 1 aromatic heterocycles. The van der Waals surface area contributed by atoms with Gasteiger partial charge in [-0.2, -0.15) is 0 Å². The molecule has 12 heteroatoms. The second kappa shape index (κ2) is 10.8. The lowest BCUT2D eigenvalue weighted by atomic mass is 9.83.